The van der Waals surface area contributed by atoms with Gasteiger partial charge in [0.15, 0.2) is 0 Å². The average molecular weight is 378 g/mol. The van der Waals surface area contributed by atoms with E-state index in [0.29, 0.717) is 5.92 Å². The van der Waals surface area contributed by atoms with Crippen LogP contribution in [0.3, 0.4) is 0 Å². The highest BCUT2D eigenvalue weighted by Gasteiger charge is 2.22. The molecule has 28 heavy (non-hydrogen) atoms. The fourth-order valence-electron chi connectivity index (χ4n) is 3.01. The van der Waals surface area contributed by atoms with Crippen LogP contribution in [0.5, 0.6) is 0 Å². The third-order valence-electron chi connectivity index (χ3n) is 4.29. The van der Waals surface area contributed by atoms with Crippen LogP contribution in [0.4, 0.5) is 5.69 Å². The molecule has 0 saturated heterocycles. The van der Waals surface area contributed by atoms with Crippen LogP contribution in [0.2, 0.25) is 0 Å². The first-order chi connectivity index (χ1) is 13.7. The molecule has 0 fully saturated rings. The van der Waals surface area contributed by atoms with Gasteiger partial charge >= 0.3 is 0 Å². The first kappa shape index (κ1) is 25.5. The van der Waals surface area contributed by atoms with Gasteiger partial charge in [-0.3, -0.25) is 0 Å². The van der Waals surface area contributed by atoms with Crippen LogP contribution in [0.15, 0.2) is 96.9 Å². The lowest BCUT2D eigenvalue weighted by Gasteiger charge is -2.32. The minimum atomic E-state index is 0.305. The summed E-state index contributed by atoms with van der Waals surface area (Å²) in [7, 11) is 0. The molecule has 0 spiro atoms. The van der Waals surface area contributed by atoms with Gasteiger partial charge in [-0.2, -0.15) is 0 Å². The van der Waals surface area contributed by atoms with Gasteiger partial charge in [-0.05, 0) is 57.0 Å². The van der Waals surface area contributed by atoms with Crippen molar-refractivity contribution >= 4 is 5.69 Å². The van der Waals surface area contributed by atoms with Crippen LogP contribution in [0, 0.1) is 12.8 Å². The molecule has 0 bridgehead atoms. The molecule has 0 amide bonds. The van der Waals surface area contributed by atoms with Crippen LogP contribution < -0.4 is 4.90 Å². The van der Waals surface area contributed by atoms with Crippen molar-refractivity contribution in [2.75, 3.05) is 4.90 Å². The number of nitrogens with zero attached hydrogens (tertiary/aromatic N) is 1. The molecule has 2 rings (SSSR count). The molecule has 0 aromatic heterocycles. The first-order valence-corrected chi connectivity index (χ1v) is 10.5. The lowest BCUT2D eigenvalue weighted by Crippen LogP contribution is -2.24. The van der Waals surface area contributed by atoms with Gasteiger partial charge in [-0.15, -0.1) is 6.58 Å². The van der Waals surface area contributed by atoms with E-state index in [1.54, 1.807) is 0 Å². The molecule has 0 radical (unpaired) electrons. The molecule has 1 aliphatic carbocycles. The lowest BCUT2D eigenvalue weighted by atomic mass is 9.89. The zero-order valence-electron chi connectivity index (χ0n) is 19.0. The van der Waals surface area contributed by atoms with Crippen LogP contribution in [0.25, 0.3) is 0 Å². The second-order valence-corrected chi connectivity index (χ2v) is 5.91. The van der Waals surface area contributed by atoms with Crippen LogP contribution in [0.1, 0.15) is 53.5 Å². The van der Waals surface area contributed by atoms with Gasteiger partial charge in [0.05, 0.1) is 0 Å². The highest BCUT2D eigenvalue weighted by atomic mass is 15.2. The topological polar surface area (TPSA) is 3.24 Å². The Balaban J connectivity index is 0.00000171. The molecule has 1 nitrogen and oxygen atoms in total. The number of allylic oxidation sites excluding steroid dienone is 8. The standard InChI is InChI=1S/C23H27N.2C2H6/c1-6-11-20(8-3)24(21-16-14-18(5)15-17-21)23-13-10-12-19(7-2)22(23)9-4;2*1-2/h6-11,13-17,19H,2,4,12H2,1,3,5H3;2*1-2H3/b11-6-,20-8+;;. The second-order valence-electron chi connectivity index (χ2n) is 5.91. The Hall–Kier alpha value is -2.54. The normalized spacial score (nSPS) is 16.0. The molecule has 0 heterocycles. The highest BCUT2D eigenvalue weighted by molar-refractivity contribution is 5.65. The Morgan fingerprint density at radius 2 is 1.64 bits per heavy atom. The smallest absolute Gasteiger partial charge is 0.0496 e. The molecule has 1 aliphatic rings. The molecule has 0 saturated carbocycles. The molecule has 1 heteroatoms. The average Bonchev–Trinajstić information content (AvgIpc) is 2.77. The van der Waals surface area contributed by atoms with Gasteiger partial charge in [0.2, 0.25) is 0 Å². The Kier molecular flexibility index (Phi) is 13.2. The van der Waals surface area contributed by atoms with Crippen molar-refractivity contribution < 1.29 is 0 Å². The van der Waals surface area contributed by atoms with Crippen molar-refractivity contribution in [2.24, 2.45) is 5.92 Å². The van der Waals surface area contributed by atoms with E-state index in [2.05, 4.69) is 86.6 Å². The van der Waals surface area contributed by atoms with E-state index in [1.165, 1.54) is 11.1 Å². The minimum absolute atomic E-state index is 0.305. The summed E-state index contributed by atoms with van der Waals surface area (Å²) < 4.78 is 0. The summed E-state index contributed by atoms with van der Waals surface area (Å²) in [6.45, 7) is 22.3. The third kappa shape index (κ3) is 6.56. The van der Waals surface area contributed by atoms with Gasteiger partial charge in [0.25, 0.3) is 0 Å². The number of hydrogen-bond acceptors (Lipinski definition) is 1. The molecule has 1 aromatic rings. The molecule has 1 atom stereocenters. The number of anilines is 1. The summed E-state index contributed by atoms with van der Waals surface area (Å²) >= 11 is 0. The van der Waals surface area contributed by atoms with Crippen molar-refractivity contribution in [3.63, 3.8) is 0 Å². The van der Waals surface area contributed by atoms with Crippen molar-refractivity contribution in [3.05, 3.63) is 102 Å². The lowest BCUT2D eigenvalue weighted by molar-refractivity contribution is 0.769. The zero-order valence-corrected chi connectivity index (χ0v) is 19.0. The van der Waals surface area contributed by atoms with Crippen LogP contribution in [-0.2, 0) is 0 Å². The number of hydrogen-bond donors (Lipinski definition) is 0. The van der Waals surface area contributed by atoms with E-state index in [9.17, 15) is 0 Å². The SMILES string of the molecule is C=CC1=C(N(C(/C=C\C)=C/C)c2ccc(C)cc2)C=CCC1C=C.CC.CC. The third-order valence-corrected chi connectivity index (χ3v) is 4.29. The van der Waals surface area contributed by atoms with Gasteiger partial charge in [-0.25, -0.2) is 0 Å². The van der Waals surface area contributed by atoms with E-state index in [0.717, 1.165) is 23.5 Å². The quantitative estimate of drug-likeness (QED) is 0.354. The molecule has 1 aromatic carbocycles. The van der Waals surface area contributed by atoms with E-state index in [1.807, 2.05) is 46.8 Å². The van der Waals surface area contributed by atoms with Gasteiger partial charge in [0.1, 0.15) is 0 Å². The Bertz CT molecular complexity index is 711. The van der Waals surface area contributed by atoms with Crippen LogP contribution >= 0.6 is 0 Å². The monoisotopic (exact) mass is 377 g/mol. The molecule has 0 N–H and O–H groups in total. The van der Waals surface area contributed by atoms with Crippen molar-refractivity contribution in [2.45, 2.75) is 54.9 Å². The molecule has 152 valence electrons. The maximum absolute atomic E-state index is 4.05. The maximum atomic E-state index is 4.05. The molecule has 0 aliphatic heterocycles. The highest BCUT2D eigenvalue weighted by Crippen LogP contribution is 2.34. The number of aryl methyl sites for hydroxylation is 1. The van der Waals surface area contributed by atoms with Crippen molar-refractivity contribution in [3.8, 4) is 0 Å². The Labute approximate surface area is 174 Å². The zero-order chi connectivity index (χ0) is 21.5. The summed E-state index contributed by atoms with van der Waals surface area (Å²) in [4.78, 5) is 2.29. The van der Waals surface area contributed by atoms with Gasteiger partial charge < -0.3 is 4.90 Å². The fourth-order valence-corrected chi connectivity index (χ4v) is 3.01. The van der Waals surface area contributed by atoms with Crippen molar-refractivity contribution in [1.29, 1.82) is 0 Å². The Morgan fingerprint density at radius 1 is 1.04 bits per heavy atom. The number of benzene rings is 1. The van der Waals surface area contributed by atoms with E-state index >= 15 is 0 Å². The summed E-state index contributed by atoms with van der Waals surface area (Å²) in [5, 5.41) is 0. The van der Waals surface area contributed by atoms with Gasteiger partial charge in [0, 0.05) is 23.0 Å². The summed E-state index contributed by atoms with van der Waals surface area (Å²) in [6.07, 6.45) is 15.7. The molecular weight excluding hydrogens is 338 g/mol. The summed E-state index contributed by atoms with van der Waals surface area (Å²) in [6, 6.07) is 8.64. The minimum Gasteiger partial charge on any atom is -0.311 e. The van der Waals surface area contributed by atoms with E-state index < -0.39 is 0 Å². The predicted molar refractivity (Wildman–Crippen MR) is 130 cm³/mol. The summed E-state index contributed by atoms with van der Waals surface area (Å²) in [5.41, 5.74) is 5.93. The van der Waals surface area contributed by atoms with E-state index in [-0.39, 0.29) is 0 Å². The summed E-state index contributed by atoms with van der Waals surface area (Å²) in [5.74, 6) is 0.305. The predicted octanol–water partition coefficient (Wildman–Crippen LogP) is 8.54. The van der Waals surface area contributed by atoms with Crippen LogP contribution in [-0.4, -0.2) is 0 Å². The molecule has 1 unspecified atom stereocenters. The van der Waals surface area contributed by atoms with Gasteiger partial charge in [-0.1, -0.05) is 82.4 Å². The van der Waals surface area contributed by atoms with Crippen molar-refractivity contribution in [1.82, 2.24) is 0 Å². The Morgan fingerprint density at radius 3 is 2.11 bits per heavy atom. The van der Waals surface area contributed by atoms with E-state index in [4.69, 9.17) is 0 Å². The fraction of sp³-hybridized carbons (Fsp3) is 0.333. The maximum Gasteiger partial charge on any atom is 0.0496 e. The second kappa shape index (κ2) is 14.5. The molecular formula is C27H39N. The number of rotatable bonds is 6. The first-order valence-electron chi connectivity index (χ1n) is 10.5. The largest absolute Gasteiger partial charge is 0.311 e.